The van der Waals surface area contributed by atoms with Crippen molar-refractivity contribution in [3.63, 3.8) is 0 Å². The third-order valence-corrected chi connectivity index (χ3v) is 4.32. The second-order valence-corrected chi connectivity index (χ2v) is 5.67. The van der Waals surface area contributed by atoms with Crippen molar-refractivity contribution in [2.24, 2.45) is 0 Å². The number of thiophene rings is 1. The summed E-state index contributed by atoms with van der Waals surface area (Å²) in [4.78, 5) is 1.11. The van der Waals surface area contributed by atoms with Gasteiger partial charge >= 0.3 is 0 Å². The molecule has 2 aromatic rings. The first-order valence-corrected chi connectivity index (χ1v) is 7.29. The number of benzene rings is 1. The summed E-state index contributed by atoms with van der Waals surface area (Å²) in [7, 11) is 0. The van der Waals surface area contributed by atoms with Gasteiger partial charge in [-0.3, -0.25) is 0 Å². The molecule has 1 unspecified atom stereocenters. The molecule has 0 aliphatic rings. The summed E-state index contributed by atoms with van der Waals surface area (Å²) in [6, 6.07) is 10.5. The van der Waals surface area contributed by atoms with E-state index in [0.717, 1.165) is 17.7 Å². The smallest absolute Gasteiger partial charge is 0.0882 e. The van der Waals surface area contributed by atoms with Crippen LogP contribution in [-0.4, -0.2) is 5.11 Å². The molecule has 17 heavy (non-hydrogen) atoms. The Bertz CT molecular complexity index is 428. The molecule has 0 aliphatic carbocycles. The van der Waals surface area contributed by atoms with Crippen molar-refractivity contribution in [3.05, 3.63) is 35.2 Å². The van der Waals surface area contributed by atoms with Gasteiger partial charge < -0.3 is 5.11 Å². The summed E-state index contributed by atoms with van der Waals surface area (Å²) in [6.45, 7) is 2.21. The van der Waals surface area contributed by atoms with Crippen LogP contribution in [0.1, 0.15) is 50.0 Å². The van der Waals surface area contributed by atoms with Crippen molar-refractivity contribution in [2.45, 2.75) is 45.1 Å². The lowest BCUT2D eigenvalue weighted by molar-refractivity contribution is 0.167. The van der Waals surface area contributed by atoms with Crippen LogP contribution in [0.4, 0.5) is 0 Å². The molecule has 0 spiro atoms. The summed E-state index contributed by atoms with van der Waals surface area (Å²) in [5.74, 6) is 0. The predicted molar refractivity (Wildman–Crippen MR) is 75.5 cm³/mol. The Morgan fingerprint density at radius 3 is 2.76 bits per heavy atom. The standard InChI is InChI=1S/C15H20OS/c1-2-3-4-5-9-13(16)15-11-12-8-6-7-10-14(12)17-15/h6-8,10-11,13,16H,2-5,9H2,1H3. The summed E-state index contributed by atoms with van der Waals surface area (Å²) >= 11 is 1.72. The molecule has 1 aromatic heterocycles. The minimum atomic E-state index is -0.274. The van der Waals surface area contributed by atoms with Crippen LogP contribution < -0.4 is 0 Å². The summed E-state index contributed by atoms with van der Waals surface area (Å²) < 4.78 is 1.27. The quantitative estimate of drug-likeness (QED) is 0.720. The maximum absolute atomic E-state index is 10.1. The molecule has 2 heteroatoms. The third-order valence-electron chi connectivity index (χ3n) is 3.10. The van der Waals surface area contributed by atoms with Crippen LogP contribution in [-0.2, 0) is 0 Å². The van der Waals surface area contributed by atoms with E-state index in [9.17, 15) is 5.11 Å². The van der Waals surface area contributed by atoms with Crippen molar-refractivity contribution < 1.29 is 5.11 Å². The van der Waals surface area contributed by atoms with Gasteiger partial charge in [-0.15, -0.1) is 11.3 Å². The zero-order chi connectivity index (χ0) is 12.1. The van der Waals surface area contributed by atoms with Crippen molar-refractivity contribution in [3.8, 4) is 0 Å². The number of aliphatic hydroxyl groups excluding tert-OH is 1. The maximum Gasteiger partial charge on any atom is 0.0882 e. The predicted octanol–water partition coefficient (Wildman–Crippen LogP) is 4.91. The fourth-order valence-corrected chi connectivity index (χ4v) is 3.16. The molecule has 0 fully saturated rings. The Morgan fingerprint density at radius 2 is 2.00 bits per heavy atom. The molecule has 0 saturated carbocycles. The molecule has 0 saturated heterocycles. The van der Waals surface area contributed by atoms with E-state index >= 15 is 0 Å². The van der Waals surface area contributed by atoms with E-state index in [2.05, 4.69) is 31.2 Å². The number of hydrogen-bond donors (Lipinski definition) is 1. The molecule has 1 N–H and O–H groups in total. The molecule has 1 nitrogen and oxygen atoms in total. The Hall–Kier alpha value is -0.860. The van der Waals surface area contributed by atoms with Crippen molar-refractivity contribution in [2.75, 3.05) is 0 Å². The van der Waals surface area contributed by atoms with Crippen LogP contribution in [0.3, 0.4) is 0 Å². The van der Waals surface area contributed by atoms with Crippen molar-refractivity contribution in [1.29, 1.82) is 0 Å². The lowest BCUT2D eigenvalue weighted by Gasteiger charge is -2.07. The topological polar surface area (TPSA) is 20.2 Å². The van der Waals surface area contributed by atoms with Gasteiger partial charge in [0.25, 0.3) is 0 Å². The Morgan fingerprint density at radius 1 is 1.18 bits per heavy atom. The van der Waals surface area contributed by atoms with Crippen LogP contribution in [0, 0.1) is 0 Å². The molecule has 0 bridgehead atoms. The van der Waals surface area contributed by atoms with E-state index in [0.29, 0.717) is 0 Å². The second kappa shape index (κ2) is 6.18. The van der Waals surface area contributed by atoms with Crippen LogP contribution in [0.5, 0.6) is 0 Å². The number of aliphatic hydroxyl groups is 1. The van der Waals surface area contributed by atoms with Crippen LogP contribution in [0.25, 0.3) is 10.1 Å². The average molecular weight is 248 g/mol. The van der Waals surface area contributed by atoms with Gasteiger partial charge in [0.2, 0.25) is 0 Å². The fourth-order valence-electron chi connectivity index (χ4n) is 2.07. The highest BCUT2D eigenvalue weighted by molar-refractivity contribution is 7.19. The van der Waals surface area contributed by atoms with E-state index in [4.69, 9.17) is 0 Å². The summed E-state index contributed by atoms with van der Waals surface area (Å²) in [6.07, 6.45) is 5.51. The van der Waals surface area contributed by atoms with E-state index in [1.165, 1.54) is 29.3 Å². The molecule has 2 rings (SSSR count). The zero-order valence-electron chi connectivity index (χ0n) is 10.4. The number of unbranched alkanes of at least 4 members (excludes halogenated alkanes) is 3. The highest BCUT2D eigenvalue weighted by atomic mass is 32.1. The second-order valence-electron chi connectivity index (χ2n) is 4.55. The van der Waals surface area contributed by atoms with Crippen LogP contribution in [0.2, 0.25) is 0 Å². The SMILES string of the molecule is CCCCCCC(O)c1cc2ccccc2s1. The van der Waals surface area contributed by atoms with Crippen molar-refractivity contribution >= 4 is 21.4 Å². The first-order chi connectivity index (χ1) is 8.31. The first-order valence-electron chi connectivity index (χ1n) is 6.48. The minimum Gasteiger partial charge on any atom is -0.388 e. The largest absolute Gasteiger partial charge is 0.388 e. The number of fused-ring (bicyclic) bond motifs is 1. The summed E-state index contributed by atoms with van der Waals surface area (Å²) in [5, 5.41) is 11.4. The van der Waals surface area contributed by atoms with Crippen LogP contribution >= 0.6 is 11.3 Å². The molecule has 0 aliphatic heterocycles. The lowest BCUT2D eigenvalue weighted by Crippen LogP contribution is -1.93. The molecule has 1 atom stereocenters. The summed E-state index contributed by atoms with van der Waals surface area (Å²) in [5.41, 5.74) is 0. The molecular weight excluding hydrogens is 228 g/mol. The molecule has 1 heterocycles. The third kappa shape index (κ3) is 3.30. The van der Waals surface area contributed by atoms with E-state index in [1.807, 2.05) is 6.07 Å². The van der Waals surface area contributed by atoms with Crippen molar-refractivity contribution in [1.82, 2.24) is 0 Å². The van der Waals surface area contributed by atoms with Gasteiger partial charge in [0.05, 0.1) is 6.10 Å². The van der Waals surface area contributed by atoms with Gasteiger partial charge in [-0.1, -0.05) is 50.8 Å². The number of rotatable bonds is 6. The van der Waals surface area contributed by atoms with Gasteiger partial charge in [0, 0.05) is 9.58 Å². The first kappa shape index (κ1) is 12.6. The molecule has 92 valence electrons. The highest BCUT2D eigenvalue weighted by Gasteiger charge is 2.10. The maximum atomic E-state index is 10.1. The van der Waals surface area contributed by atoms with Gasteiger partial charge in [-0.2, -0.15) is 0 Å². The van der Waals surface area contributed by atoms with E-state index in [1.54, 1.807) is 11.3 Å². The Labute approximate surface area is 107 Å². The van der Waals surface area contributed by atoms with Crippen LogP contribution in [0.15, 0.2) is 30.3 Å². The minimum absolute atomic E-state index is 0.274. The highest BCUT2D eigenvalue weighted by Crippen LogP contribution is 2.31. The normalized spacial score (nSPS) is 13.1. The molecule has 1 aromatic carbocycles. The van der Waals surface area contributed by atoms with Gasteiger partial charge in [0.15, 0.2) is 0 Å². The lowest BCUT2D eigenvalue weighted by atomic mass is 10.1. The van der Waals surface area contributed by atoms with E-state index in [-0.39, 0.29) is 6.10 Å². The van der Waals surface area contributed by atoms with Gasteiger partial charge in [0.1, 0.15) is 0 Å². The molecule has 0 amide bonds. The monoisotopic (exact) mass is 248 g/mol. The van der Waals surface area contributed by atoms with Gasteiger partial charge in [-0.25, -0.2) is 0 Å². The fraction of sp³-hybridized carbons (Fsp3) is 0.467. The molecule has 0 radical (unpaired) electrons. The zero-order valence-corrected chi connectivity index (χ0v) is 11.2. The van der Waals surface area contributed by atoms with Gasteiger partial charge in [-0.05, 0) is 23.9 Å². The number of hydrogen-bond acceptors (Lipinski definition) is 2. The molecular formula is C15H20OS. The van der Waals surface area contributed by atoms with E-state index < -0.39 is 0 Å². The Kier molecular flexibility index (Phi) is 4.57. The Balaban J connectivity index is 1.96. The average Bonchev–Trinajstić information content (AvgIpc) is 2.78.